The second kappa shape index (κ2) is 12.9. The molecule has 0 bridgehead atoms. The van der Waals surface area contributed by atoms with Crippen LogP contribution in [0.4, 0.5) is 0 Å². The quantitative estimate of drug-likeness (QED) is 0.519. The monoisotopic (exact) mass is 310 g/mol. The van der Waals surface area contributed by atoms with Gasteiger partial charge < -0.3 is 4.52 Å². The lowest BCUT2D eigenvalue weighted by molar-refractivity contribution is 0.393. The van der Waals surface area contributed by atoms with Gasteiger partial charge in [0, 0.05) is 22.2 Å². The predicted octanol–water partition coefficient (Wildman–Crippen LogP) is 1.56. The highest BCUT2D eigenvalue weighted by atomic mass is 32.1. The van der Waals surface area contributed by atoms with E-state index < -0.39 is 0 Å². The van der Waals surface area contributed by atoms with E-state index >= 15 is 0 Å². The van der Waals surface area contributed by atoms with Gasteiger partial charge in [0.05, 0.1) is 30.3 Å². The second-order valence-electron chi connectivity index (χ2n) is 2.51. The number of hydrogen-bond acceptors (Lipinski definition) is 10. The Morgan fingerprint density at radius 3 is 2.00 bits per heavy atom. The standard InChI is InChI=1S/C3H3NS.C2H3N3.C2H2N2O.C2H2N2S/c1-2-5-3-4-1;1-2-4-5-3-1;2*1-2-5-4-3-1/h1-3H;1-2H,(H,3,4,5);2*1-2H. The van der Waals surface area contributed by atoms with Gasteiger partial charge in [-0.25, -0.2) is 0 Å². The average molecular weight is 310 g/mol. The molecule has 0 atom stereocenters. The summed E-state index contributed by atoms with van der Waals surface area (Å²) in [6.07, 6.45) is 9.47. The zero-order chi connectivity index (χ0) is 14.1. The summed E-state index contributed by atoms with van der Waals surface area (Å²) in [5.41, 5.74) is 1.79. The molecule has 1 N–H and O–H groups in total. The smallest absolute Gasteiger partial charge is 0.144 e. The van der Waals surface area contributed by atoms with Crippen LogP contribution in [0.1, 0.15) is 0 Å². The summed E-state index contributed by atoms with van der Waals surface area (Å²) in [6, 6.07) is 0. The van der Waals surface area contributed by atoms with E-state index in [0.717, 1.165) is 0 Å². The Bertz CT molecular complexity index is 363. The third-order valence-corrected chi connectivity index (χ3v) is 2.20. The summed E-state index contributed by atoms with van der Waals surface area (Å²) >= 11 is 2.95. The fourth-order valence-electron chi connectivity index (χ4n) is 0.615. The van der Waals surface area contributed by atoms with E-state index in [1.165, 1.54) is 24.0 Å². The minimum absolute atomic E-state index is 1.35. The van der Waals surface area contributed by atoms with Crippen LogP contribution in [0.15, 0.2) is 58.0 Å². The SMILES string of the molecule is c1cn[nH]n1.c1conn1.c1cscn1.c1csnn1. The van der Waals surface area contributed by atoms with Crippen LogP contribution in [-0.4, -0.2) is 40.4 Å². The molecule has 0 amide bonds. The summed E-state index contributed by atoms with van der Waals surface area (Å²) in [5.74, 6) is 0. The number of rotatable bonds is 0. The van der Waals surface area contributed by atoms with Crippen LogP contribution in [0.3, 0.4) is 0 Å². The van der Waals surface area contributed by atoms with Crippen molar-refractivity contribution < 1.29 is 4.52 Å². The number of nitrogens with one attached hydrogen (secondary N) is 1. The lowest BCUT2D eigenvalue weighted by Crippen LogP contribution is -1.61. The highest BCUT2D eigenvalue weighted by molar-refractivity contribution is 7.07. The van der Waals surface area contributed by atoms with Crippen molar-refractivity contribution in [1.29, 1.82) is 0 Å². The largest absolute Gasteiger partial charge is 0.346 e. The van der Waals surface area contributed by atoms with Crippen molar-refractivity contribution in [3.63, 3.8) is 0 Å². The first-order chi connectivity index (χ1) is 10.0. The van der Waals surface area contributed by atoms with E-state index in [9.17, 15) is 0 Å². The molecule has 0 saturated heterocycles. The molecule has 0 fully saturated rings. The molecule has 11 heteroatoms. The van der Waals surface area contributed by atoms with Crippen molar-refractivity contribution >= 4 is 22.9 Å². The molecule has 20 heavy (non-hydrogen) atoms. The van der Waals surface area contributed by atoms with Crippen molar-refractivity contribution in [2.75, 3.05) is 0 Å². The number of hydrogen-bond donors (Lipinski definition) is 1. The first kappa shape index (κ1) is 15.5. The van der Waals surface area contributed by atoms with Crippen LogP contribution in [0.25, 0.3) is 0 Å². The van der Waals surface area contributed by atoms with Crippen LogP contribution < -0.4 is 0 Å². The fourth-order valence-corrected chi connectivity index (χ4v) is 1.24. The number of H-pyrrole nitrogens is 1. The van der Waals surface area contributed by atoms with Crippen LogP contribution >= 0.6 is 22.9 Å². The molecule has 4 aromatic heterocycles. The van der Waals surface area contributed by atoms with Gasteiger partial charge in [-0.3, -0.25) is 4.98 Å². The summed E-state index contributed by atoms with van der Waals surface area (Å²) in [4.78, 5) is 3.74. The number of thiazole rings is 1. The van der Waals surface area contributed by atoms with Crippen molar-refractivity contribution in [2.24, 2.45) is 0 Å². The van der Waals surface area contributed by atoms with Crippen LogP contribution in [-0.2, 0) is 0 Å². The summed E-state index contributed by atoms with van der Waals surface area (Å²) in [6.45, 7) is 0. The number of nitrogens with zero attached hydrogens (tertiary/aromatic N) is 7. The van der Waals surface area contributed by atoms with Gasteiger partial charge in [-0.1, -0.05) is 4.49 Å². The van der Waals surface area contributed by atoms with Crippen LogP contribution in [0, 0.1) is 0 Å². The van der Waals surface area contributed by atoms with Gasteiger partial charge in [0.2, 0.25) is 0 Å². The molecule has 104 valence electrons. The first-order valence-electron chi connectivity index (χ1n) is 5.04. The molecule has 0 aliphatic heterocycles. The van der Waals surface area contributed by atoms with Gasteiger partial charge in [0.25, 0.3) is 0 Å². The third-order valence-electron chi connectivity index (χ3n) is 1.24. The van der Waals surface area contributed by atoms with E-state index in [0.29, 0.717) is 0 Å². The summed E-state index contributed by atoms with van der Waals surface area (Å²) in [7, 11) is 0. The molecule has 0 saturated carbocycles. The lowest BCUT2D eigenvalue weighted by Gasteiger charge is -1.48. The lowest BCUT2D eigenvalue weighted by atomic mass is 11.0. The molecule has 0 radical (unpaired) electrons. The molecule has 0 aromatic carbocycles. The van der Waals surface area contributed by atoms with E-state index in [2.05, 4.69) is 44.9 Å². The summed E-state index contributed by atoms with van der Waals surface area (Å²) in [5, 5.41) is 23.0. The molecule has 4 heterocycles. The minimum atomic E-state index is 1.35. The predicted molar refractivity (Wildman–Crippen MR) is 72.7 cm³/mol. The van der Waals surface area contributed by atoms with Crippen LogP contribution in [0.5, 0.6) is 0 Å². The maximum atomic E-state index is 4.22. The Hall–Kier alpha value is -2.53. The van der Waals surface area contributed by atoms with Crippen molar-refractivity contribution in [1.82, 2.24) is 40.4 Å². The van der Waals surface area contributed by atoms with Gasteiger partial charge in [-0.15, -0.1) is 21.5 Å². The Morgan fingerprint density at radius 1 is 0.900 bits per heavy atom. The van der Waals surface area contributed by atoms with E-state index in [4.69, 9.17) is 0 Å². The Morgan fingerprint density at radius 2 is 1.80 bits per heavy atom. The van der Waals surface area contributed by atoms with Crippen molar-refractivity contribution in [3.05, 3.63) is 53.5 Å². The van der Waals surface area contributed by atoms with E-state index in [1.807, 2.05) is 10.8 Å². The van der Waals surface area contributed by atoms with Crippen molar-refractivity contribution in [3.8, 4) is 0 Å². The molecule has 0 aliphatic rings. The molecule has 9 nitrogen and oxygen atoms in total. The zero-order valence-corrected chi connectivity index (χ0v) is 11.7. The first-order valence-corrected chi connectivity index (χ1v) is 6.82. The average Bonchev–Trinajstić information content (AvgIpc) is 3.40. The molecule has 0 unspecified atom stereocenters. The van der Waals surface area contributed by atoms with E-state index in [-0.39, 0.29) is 0 Å². The molecule has 4 aromatic rings. The van der Waals surface area contributed by atoms with Gasteiger partial charge in [0.15, 0.2) is 0 Å². The number of aromatic amines is 1. The maximum absolute atomic E-state index is 4.22. The second-order valence-corrected chi connectivity index (χ2v) is 3.91. The van der Waals surface area contributed by atoms with Gasteiger partial charge >= 0.3 is 0 Å². The molecular formula is C9H10N8OS2. The van der Waals surface area contributed by atoms with Gasteiger partial charge in [-0.2, -0.15) is 15.4 Å². The Labute approximate surface area is 121 Å². The zero-order valence-electron chi connectivity index (χ0n) is 10.1. The minimum Gasteiger partial charge on any atom is -0.346 e. The van der Waals surface area contributed by atoms with Crippen molar-refractivity contribution in [2.45, 2.75) is 0 Å². The van der Waals surface area contributed by atoms with E-state index in [1.54, 1.807) is 41.6 Å². The van der Waals surface area contributed by atoms with Gasteiger partial charge in [-0.05, 0) is 11.5 Å². The van der Waals surface area contributed by atoms with Crippen LogP contribution in [0.2, 0.25) is 0 Å². The Balaban J connectivity index is 0.000000133. The molecule has 0 spiro atoms. The number of aromatic nitrogens is 8. The molecule has 0 aliphatic carbocycles. The highest BCUT2D eigenvalue weighted by Crippen LogP contribution is 1.85. The third kappa shape index (κ3) is 10.6. The fraction of sp³-hybridized carbons (Fsp3) is 0. The topological polar surface area (TPSA) is 119 Å². The summed E-state index contributed by atoms with van der Waals surface area (Å²) < 4.78 is 7.74. The molecular weight excluding hydrogens is 300 g/mol. The maximum Gasteiger partial charge on any atom is 0.144 e. The Kier molecular flexibility index (Phi) is 10.0. The van der Waals surface area contributed by atoms with Gasteiger partial charge in [0.1, 0.15) is 6.26 Å². The normalized spacial score (nSPS) is 8.00. The molecule has 4 rings (SSSR count). The highest BCUT2D eigenvalue weighted by Gasteiger charge is 1.62.